The summed E-state index contributed by atoms with van der Waals surface area (Å²) in [5.74, 6) is 0.172. The van der Waals surface area contributed by atoms with E-state index in [-0.39, 0.29) is 0 Å². The predicted molar refractivity (Wildman–Crippen MR) is 65.6 cm³/mol. The highest BCUT2D eigenvalue weighted by Gasteiger charge is 2.12. The molecule has 90 valence electrons. The summed E-state index contributed by atoms with van der Waals surface area (Å²) >= 11 is 0. The van der Waals surface area contributed by atoms with E-state index in [1.54, 1.807) is 17.8 Å². The molecular weight excluding hydrogens is 232 g/mol. The fraction of sp³-hybridized carbons (Fsp3) is 0.0833. The van der Waals surface area contributed by atoms with Crippen LogP contribution in [0, 0.1) is 0 Å². The second kappa shape index (κ2) is 3.69. The molecule has 0 saturated heterocycles. The molecule has 0 aliphatic heterocycles. The van der Waals surface area contributed by atoms with Gasteiger partial charge in [-0.3, -0.25) is 4.79 Å². The number of aromatic nitrogens is 3. The van der Waals surface area contributed by atoms with E-state index in [9.17, 15) is 4.79 Å². The number of amides is 1. The highest BCUT2D eigenvalue weighted by molar-refractivity contribution is 5.99. The molecule has 0 aliphatic rings. The van der Waals surface area contributed by atoms with Crippen LogP contribution in [0.15, 0.2) is 30.6 Å². The van der Waals surface area contributed by atoms with Gasteiger partial charge in [-0.25, -0.2) is 9.50 Å². The lowest BCUT2D eigenvalue weighted by molar-refractivity contribution is 0.100. The Kier molecular flexibility index (Phi) is 2.16. The first-order valence-electron chi connectivity index (χ1n) is 5.31. The number of nitrogens with zero attached hydrogens (tertiary/aromatic N) is 3. The number of nitrogens with two attached hydrogens (primary N) is 1. The summed E-state index contributed by atoms with van der Waals surface area (Å²) < 4.78 is 6.75. The van der Waals surface area contributed by atoms with E-state index in [1.165, 1.54) is 6.20 Å². The van der Waals surface area contributed by atoms with Crippen molar-refractivity contribution < 1.29 is 9.53 Å². The lowest BCUT2D eigenvalue weighted by Crippen LogP contribution is -2.10. The molecule has 0 aliphatic carbocycles. The number of hydrogen-bond acceptors (Lipinski definition) is 4. The molecule has 1 aromatic carbocycles. The molecule has 3 rings (SSSR count). The van der Waals surface area contributed by atoms with Crippen LogP contribution in [-0.4, -0.2) is 27.6 Å². The molecule has 6 heteroatoms. The maximum atomic E-state index is 11.2. The molecule has 0 unspecified atom stereocenters. The van der Waals surface area contributed by atoms with E-state index >= 15 is 0 Å². The smallest absolute Gasteiger partial charge is 0.254 e. The van der Waals surface area contributed by atoms with E-state index in [0.29, 0.717) is 17.0 Å². The number of primary amides is 1. The number of carbonyl (C=O) groups excluding carboxylic acids is 1. The Balaban J connectivity index is 2.41. The lowest BCUT2D eigenvalue weighted by Gasteiger charge is -2.04. The first kappa shape index (κ1) is 10.5. The summed E-state index contributed by atoms with van der Waals surface area (Å²) in [6.45, 7) is 0. The minimum Gasteiger partial charge on any atom is -0.497 e. The van der Waals surface area contributed by atoms with E-state index in [1.807, 2.05) is 18.2 Å². The Morgan fingerprint density at radius 2 is 2.22 bits per heavy atom. The maximum absolute atomic E-state index is 11.2. The zero-order valence-electron chi connectivity index (χ0n) is 9.62. The van der Waals surface area contributed by atoms with Crippen LogP contribution in [0.4, 0.5) is 0 Å². The average Bonchev–Trinajstić information content (AvgIpc) is 2.82. The van der Waals surface area contributed by atoms with Crippen LogP contribution in [0.5, 0.6) is 5.75 Å². The van der Waals surface area contributed by atoms with Gasteiger partial charge >= 0.3 is 0 Å². The van der Waals surface area contributed by atoms with Crippen LogP contribution >= 0.6 is 0 Å². The number of rotatable bonds is 2. The largest absolute Gasteiger partial charge is 0.497 e. The van der Waals surface area contributed by atoms with Crippen molar-refractivity contribution in [2.24, 2.45) is 5.73 Å². The minimum atomic E-state index is -0.542. The topological polar surface area (TPSA) is 82.5 Å². The third kappa shape index (κ3) is 1.39. The number of ether oxygens (including phenoxy) is 1. The van der Waals surface area contributed by atoms with Crippen molar-refractivity contribution in [3.63, 3.8) is 0 Å². The van der Waals surface area contributed by atoms with Gasteiger partial charge in [0.2, 0.25) is 0 Å². The summed E-state index contributed by atoms with van der Waals surface area (Å²) in [4.78, 5) is 15.4. The van der Waals surface area contributed by atoms with Gasteiger partial charge in [0.25, 0.3) is 5.91 Å². The van der Waals surface area contributed by atoms with E-state index in [2.05, 4.69) is 10.1 Å². The Morgan fingerprint density at radius 1 is 1.39 bits per heavy atom. The van der Waals surface area contributed by atoms with E-state index < -0.39 is 5.91 Å². The normalized spacial score (nSPS) is 10.9. The fourth-order valence-electron chi connectivity index (χ4n) is 1.89. The van der Waals surface area contributed by atoms with Crippen molar-refractivity contribution in [1.82, 2.24) is 14.6 Å². The molecule has 18 heavy (non-hydrogen) atoms. The molecule has 1 amide bonds. The third-order valence-electron chi connectivity index (χ3n) is 2.80. The molecule has 0 fully saturated rings. The van der Waals surface area contributed by atoms with Gasteiger partial charge < -0.3 is 10.5 Å². The Morgan fingerprint density at radius 3 is 2.94 bits per heavy atom. The Bertz CT molecular complexity index is 763. The molecule has 3 aromatic rings. The van der Waals surface area contributed by atoms with Gasteiger partial charge in [-0.2, -0.15) is 5.10 Å². The second-order valence-electron chi connectivity index (χ2n) is 3.84. The van der Waals surface area contributed by atoms with Gasteiger partial charge in [0, 0.05) is 17.6 Å². The highest BCUT2D eigenvalue weighted by Crippen LogP contribution is 2.21. The molecule has 2 aromatic heterocycles. The number of benzene rings is 1. The van der Waals surface area contributed by atoms with Gasteiger partial charge in [0.05, 0.1) is 18.8 Å². The first-order chi connectivity index (χ1) is 8.70. The van der Waals surface area contributed by atoms with Crippen molar-refractivity contribution >= 4 is 22.5 Å². The zero-order valence-corrected chi connectivity index (χ0v) is 9.62. The van der Waals surface area contributed by atoms with Gasteiger partial charge in [-0.15, -0.1) is 0 Å². The summed E-state index contributed by atoms with van der Waals surface area (Å²) in [7, 11) is 1.59. The van der Waals surface area contributed by atoms with Crippen molar-refractivity contribution in [1.29, 1.82) is 0 Å². The van der Waals surface area contributed by atoms with Crippen molar-refractivity contribution in [2.45, 2.75) is 0 Å². The van der Waals surface area contributed by atoms with Gasteiger partial charge in [0.1, 0.15) is 11.3 Å². The van der Waals surface area contributed by atoms with Crippen LogP contribution in [0.2, 0.25) is 0 Å². The number of methoxy groups -OCH3 is 1. The third-order valence-corrected chi connectivity index (χ3v) is 2.80. The Labute approximate surface area is 102 Å². The van der Waals surface area contributed by atoms with Crippen LogP contribution in [0.25, 0.3) is 16.6 Å². The van der Waals surface area contributed by atoms with Crippen LogP contribution in [0.3, 0.4) is 0 Å². The summed E-state index contributed by atoms with van der Waals surface area (Å²) in [6.07, 6.45) is 3.10. The van der Waals surface area contributed by atoms with Gasteiger partial charge in [-0.1, -0.05) is 0 Å². The zero-order chi connectivity index (χ0) is 12.7. The quantitative estimate of drug-likeness (QED) is 0.726. The maximum Gasteiger partial charge on any atom is 0.254 e. The molecule has 0 bridgehead atoms. The fourth-order valence-corrected chi connectivity index (χ4v) is 1.89. The molecule has 0 saturated carbocycles. The number of fused-ring (bicyclic) bond motifs is 3. The summed E-state index contributed by atoms with van der Waals surface area (Å²) in [6, 6.07) is 5.56. The predicted octanol–water partition coefficient (Wildman–Crippen LogP) is 0.990. The molecule has 0 spiro atoms. The van der Waals surface area contributed by atoms with Gasteiger partial charge in [0.15, 0.2) is 5.65 Å². The lowest BCUT2D eigenvalue weighted by atomic mass is 10.2. The van der Waals surface area contributed by atoms with Crippen LogP contribution < -0.4 is 10.5 Å². The molecule has 0 radical (unpaired) electrons. The molecule has 0 atom stereocenters. The van der Waals surface area contributed by atoms with Crippen molar-refractivity contribution in [3.05, 3.63) is 36.2 Å². The molecule has 6 nitrogen and oxygen atoms in total. The standard InChI is InChI=1S/C12H10N4O2/c1-18-8-3-2-7-5-14-12-9(11(13)17)6-15-16(12)10(7)4-8/h2-6H,1H3,(H2,13,17). The first-order valence-corrected chi connectivity index (χ1v) is 5.31. The Hall–Kier alpha value is -2.63. The average molecular weight is 242 g/mol. The van der Waals surface area contributed by atoms with E-state index in [0.717, 1.165) is 10.9 Å². The SMILES string of the molecule is COc1ccc2cnc3c(C(N)=O)cnn3c2c1. The minimum absolute atomic E-state index is 0.305. The van der Waals surface area contributed by atoms with Crippen molar-refractivity contribution in [3.8, 4) is 5.75 Å². The molecular formula is C12H10N4O2. The van der Waals surface area contributed by atoms with Crippen LogP contribution in [-0.2, 0) is 0 Å². The second-order valence-corrected chi connectivity index (χ2v) is 3.84. The highest BCUT2D eigenvalue weighted by atomic mass is 16.5. The van der Waals surface area contributed by atoms with E-state index in [4.69, 9.17) is 10.5 Å². The molecule has 2 N–H and O–H groups in total. The summed E-state index contributed by atoms with van der Waals surface area (Å²) in [5, 5.41) is 5.05. The number of carbonyl (C=O) groups is 1. The van der Waals surface area contributed by atoms with Crippen molar-refractivity contribution in [2.75, 3.05) is 7.11 Å². The van der Waals surface area contributed by atoms with Gasteiger partial charge in [-0.05, 0) is 12.1 Å². The number of hydrogen-bond donors (Lipinski definition) is 1. The molecule has 2 heterocycles. The summed E-state index contributed by atoms with van der Waals surface area (Å²) in [5.41, 5.74) is 6.83. The monoisotopic (exact) mass is 242 g/mol. The van der Waals surface area contributed by atoms with Crippen LogP contribution in [0.1, 0.15) is 10.4 Å².